The van der Waals surface area contributed by atoms with Crippen molar-refractivity contribution in [2.75, 3.05) is 26.3 Å². The standard InChI is InChI=1S/C21H27N3O3.2C2H6/c1-4-24(5-2)20(25)17-7-6-16(19-18(17)14-23(3)22-19)15-8-10-21(11-9-15)26-12-13-27-21;2*1-2/h6-8,14H,4-5,9-13H2,1-3H3;2*1-2H3. The molecule has 1 aliphatic heterocycles. The zero-order valence-corrected chi connectivity index (χ0v) is 20.3. The number of benzene rings is 1. The Morgan fingerprint density at radius 1 is 1.13 bits per heavy atom. The quantitative estimate of drug-likeness (QED) is 0.651. The summed E-state index contributed by atoms with van der Waals surface area (Å²) in [7, 11) is 1.90. The molecule has 1 aromatic carbocycles. The van der Waals surface area contributed by atoms with E-state index in [4.69, 9.17) is 9.47 Å². The number of nitrogens with zero attached hydrogens (tertiary/aromatic N) is 3. The number of rotatable bonds is 4. The Labute approximate surface area is 187 Å². The van der Waals surface area contributed by atoms with Crippen LogP contribution in [0.25, 0.3) is 16.5 Å². The van der Waals surface area contributed by atoms with E-state index in [1.807, 2.05) is 71.8 Å². The van der Waals surface area contributed by atoms with E-state index < -0.39 is 5.79 Å². The summed E-state index contributed by atoms with van der Waals surface area (Å²) in [5, 5.41) is 5.59. The monoisotopic (exact) mass is 429 g/mol. The highest BCUT2D eigenvalue weighted by Crippen LogP contribution is 2.40. The lowest BCUT2D eigenvalue weighted by atomic mass is 9.88. The number of aryl methyl sites for hydroxylation is 1. The molecule has 2 heterocycles. The SMILES string of the molecule is CC.CC.CCN(CC)C(=O)c1ccc(C2=CCC3(CC2)OCCO3)c2nn(C)cc12. The number of carbonyl (C=O) groups excluding carboxylic acids is 1. The number of ether oxygens (including phenoxy) is 2. The number of fused-ring (bicyclic) bond motifs is 1. The van der Waals surface area contributed by atoms with Gasteiger partial charge in [-0.05, 0) is 31.9 Å². The van der Waals surface area contributed by atoms with E-state index in [1.165, 1.54) is 5.57 Å². The fourth-order valence-corrected chi connectivity index (χ4v) is 4.16. The van der Waals surface area contributed by atoms with Crippen LogP contribution in [0.5, 0.6) is 0 Å². The third-order valence-corrected chi connectivity index (χ3v) is 5.67. The maximum absolute atomic E-state index is 12.9. The molecule has 0 N–H and O–H groups in total. The van der Waals surface area contributed by atoms with Crippen molar-refractivity contribution in [3.63, 3.8) is 0 Å². The second-order valence-corrected chi connectivity index (χ2v) is 7.24. The van der Waals surface area contributed by atoms with Crippen molar-refractivity contribution in [3.05, 3.63) is 35.5 Å². The van der Waals surface area contributed by atoms with Gasteiger partial charge in [-0.1, -0.05) is 39.8 Å². The van der Waals surface area contributed by atoms with Crippen molar-refractivity contribution in [2.45, 2.75) is 66.6 Å². The number of hydrogen-bond donors (Lipinski definition) is 0. The van der Waals surface area contributed by atoms with Crippen molar-refractivity contribution in [1.82, 2.24) is 14.7 Å². The predicted molar refractivity (Wildman–Crippen MR) is 127 cm³/mol. The van der Waals surface area contributed by atoms with E-state index in [9.17, 15) is 4.79 Å². The van der Waals surface area contributed by atoms with Gasteiger partial charge in [-0.15, -0.1) is 0 Å². The molecule has 0 radical (unpaired) electrons. The summed E-state index contributed by atoms with van der Waals surface area (Å²) in [6.45, 7) is 14.8. The maximum atomic E-state index is 12.9. The van der Waals surface area contributed by atoms with Crippen LogP contribution in [0.2, 0.25) is 0 Å². The first-order chi connectivity index (χ1) is 15.1. The molecule has 1 fully saturated rings. The van der Waals surface area contributed by atoms with Gasteiger partial charge in [-0.3, -0.25) is 9.48 Å². The second kappa shape index (κ2) is 11.4. The van der Waals surface area contributed by atoms with Gasteiger partial charge in [0.2, 0.25) is 0 Å². The lowest BCUT2D eigenvalue weighted by Gasteiger charge is -2.30. The third-order valence-electron chi connectivity index (χ3n) is 5.67. The highest BCUT2D eigenvalue weighted by atomic mass is 16.7. The molecule has 1 saturated heterocycles. The first kappa shape index (κ1) is 25.1. The van der Waals surface area contributed by atoms with Crippen LogP contribution in [0, 0.1) is 0 Å². The lowest BCUT2D eigenvalue weighted by Crippen LogP contribution is -2.31. The highest BCUT2D eigenvalue weighted by Gasteiger charge is 2.38. The van der Waals surface area contributed by atoms with Gasteiger partial charge in [0.1, 0.15) is 5.52 Å². The molecule has 31 heavy (non-hydrogen) atoms. The van der Waals surface area contributed by atoms with Crippen molar-refractivity contribution >= 4 is 22.4 Å². The van der Waals surface area contributed by atoms with Crippen molar-refractivity contribution in [2.24, 2.45) is 7.05 Å². The van der Waals surface area contributed by atoms with Crippen molar-refractivity contribution in [3.8, 4) is 0 Å². The van der Waals surface area contributed by atoms with Crippen molar-refractivity contribution < 1.29 is 14.3 Å². The summed E-state index contributed by atoms with van der Waals surface area (Å²) < 4.78 is 13.4. The molecule has 0 bridgehead atoms. The maximum Gasteiger partial charge on any atom is 0.254 e. The van der Waals surface area contributed by atoms with Gasteiger partial charge in [0, 0.05) is 50.1 Å². The molecule has 0 saturated carbocycles. The number of allylic oxidation sites excluding steroid dienone is 1. The van der Waals surface area contributed by atoms with E-state index >= 15 is 0 Å². The third kappa shape index (κ3) is 5.18. The van der Waals surface area contributed by atoms with Gasteiger partial charge in [-0.25, -0.2) is 0 Å². The summed E-state index contributed by atoms with van der Waals surface area (Å²) in [5.74, 6) is -0.361. The first-order valence-corrected chi connectivity index (χ1v) is 11.8. The number of amides is 1. The molecular weight excluding hydrogens is 390 g/mol. The summed E-state index contributed by atoms with van der Waals surface area (Å²) in [6, 6.07) is 4.00. The van der Waals surface area contributed by atoms with E-state index in [2.05, 4.69) is 11.2 Å². The molecule has 1 aliphatic carbocycles. The number of carbonyl (C=O) groups is 1. The van der Waals surface area contributed by atoms with Crippen LogP contribution in [0.1, 0.15) is 76.7 Å². The largest absolute Gasteiger partial charge is 0.347 e. The number of hydrogen-bond acceptors (Lipinski definition) is 4. The summed E-state index contributed by atoms with van der Waals surface area (Å²) in [4.78, 5) is 14.8. The zero-order chi connectivity index (χ0) is 23.0. The fraction of sp³-hybridized carbons (Fsp3) is 0.600. The zero-order valence-electron chi connectivity index (χ0n) is 20.3. The Morgan fingerprint density at radius 3 is 2.32 bits per heavy atom. The Bertz CT molecular complexity index is 891. The van der Waals surface area contributed by atoms with Crippen LogP contribution < -0.4 is 0 Å². The minimum atomic E-state index is -0.425. The molecule has 6 heteroatoms. The molecule has 172 valence electrons. The van der Waals surface area contributed by atoms with Gasteiger partial charge in [0.25, 0.3) is 5.91 Å². The van der Waals surface area contributed by atoms with E-state index in [1.54, 1.807) is 4.68 Å². The first-order valence-electron chi connectivity index (χ1n) is 11.8. The van der Waals surface area contributed by atoms with Crippen LogP contribution in [0.4, 0.5) is 0 Å². The van der Waals surface area contributed by atoms with Gasteiger partial charge in [0.05, 0.1) is 18.8 Å². The van der Waals surface area contributed by atoms with E-state index in [0.29, 0.717) is 26.3 Å². The Hall–Kier alpha value is -2.18. The average molecular weight is 430 g/mol. The number of aromatic nitrogens is 2. The highest BCUT2D eigenvalue weighted by molar-refractivity contribution is 6.08. The van der Waals surface area contributed by atoms with Gasteiger partial charge in [0.15, 0.2) is 5.79 Å². The molecule has 1 aromatic heterocycles. The van der Waals surface area contributed by atoms with Gasteiger partial charge in [-0.2, -0.15) is 5.10 Å². The van der Waals surface area contributed by atoms with Crippen LogP contribution in [-0.4, -0.2) is 52.7 Å². The summed E-state index contributed by atoms with van der Waals surface area (Å²) in [5.41, 5.74) is 3.98. The molecule has 2 aromatic rings. The normalized spacial score (nSPS) is 16.8. The minimum absolute atomic E-state index is 0.0638. The molecule has 1 spiro atoms. The minimum Gasteiger partial charge on any atom is -0.347 e. The molecule has 1 amide bonds. The molecule has 0 atom stereocenters. The van der Waals surface area contributed by atoms with Crippen molar-refractivity contribution in [1.29, 1.82) is 0 Å². The molecule has 2 aliphatic rings. The summed E-state index contributed by atoms with van der Waals surface area (Å²) >= 11 is 0. The lowest BCUT2D eigenvalue weighted by molar-refractivity contribution is -0.159. The van der Waals surface area contributed by atoms with Crippen LogP contribution in [-0.2, 0) is 16.5 Å². The smallest absolute Gasteiger partial charge is 0.254 e. The second-order valence-electron chi connectivity index (χ2n) is 7.24. The molecule has 6 nitrogen and oxygen atoms in total. The summed E-state index contributed by atoms with van der Waals surface area (Å²) in [6.07, 6.45) is 6.66. The predicted octanol–water partition coefficient (Wildman–Crippen LogP) is 5.42. The molecule has 0 unspecified atom stereocenters. The van der Waals surface area contributed by atoms with E-state index in [0.717, 1.165) is 41.3 Å². The van der Waals surface area contributed by atoms with Gasteiger partial charge >= 0.3 is 0 Å². The van der Waals surface area contributed by atoms with Crippen LogP contribution in [0.3, 0.4) is 0 Å². The Balaban J connectivity index is 0.000000807. The van der Waals surface area contributed by atoms with Gasteiger partial charge < -0.3 is 14.4 Å². The molecule has 4 rings (SSSR count). The van der Waals surface area contributed by atoms with E-state index in [-0.39, 0.29) is 5.91 Å². The Kier molecular flexibility index (Phi) is 9.26. The topological polar surface area (TPSA) is 56.6 Å². The van der Waals surface area contributed by atoms with Crippen LogP contribution in [0.15, 0.2) is 24.4 Å². The fourth-order valence-electron chi connectivity index (χ4n) is 4.16. The average Bonchev–Trinajstić information content (AvgIpc) is 3.43. The Morgan fingerprint density at radius 2 is 1.77 bits per heavy atom. The molecular formula is C25H39N3O3. The van der Waals surface area contributed by atoms with Crippen LogP contribution >= 0.6 is 0 Å².